The van der Waals surface area contributed by atoms with Crippen LogP contribution in [0.1, 0.15) is 31.2 Å². The van der Waals surface area contributed by atoms with Crippen molar-refractivity contribution in [2.45, 2.75) is 43.5 Å². The summed E-state index contributed by atoms with van der Waals surface area (Å²) in [7, 11) is -4.02. The van der Waals surface area contributed by atoms with Crippen LogP contribution in [-0.4, -0.2) is 19.0 Å². The fraction of sp³-hybridized carbons (Fsp3) is 0.500. The highest BCUT2D eigenvalue weighted by Crippen LogP contribution is 2.26. The molecule has 1 fully saturated rings. The number of hydrogen-bond donors (Lipinski definition) is 2. The lowest BCUT2D eigenvalue weighted by atomic mass is 10.1. The first-order valence-corrected chi connectivity index (χ1v) is 7.93. The molecule has 0 amide bonds. The number of hydrogen-bond acceptors (Lipinski definition) is 4. The van der Waals surface area contributed by atoms with E-state index in [9.17, 15) is 8.42 Å². The summed E-state index contributed by atoms with van der Waals surface area (Å²) < 4.78 is 29.6. The molecule has 0 spiro atoms. The standard InChI is InChI=1S/C7H12N2.C7H8O3S/c8-4-3-6-1-2-7(9)5-6;1-6-2-4-7(5-3-6)11(8,9)10/h6-7H,1-3,5,9H2;2-5H,1H3,(H,8,9,10). The van der Waals surface area contributed by atoms with Crippen molar-refractivity contribution in [1.82, 2.24) is 0 Å². The van der Waals surface area contributed by atoms with E-state index < -0.39 is 10.1 Å². The van der Waals surface area contributed by atoms with Crippen LogP contribution >= 0.6 is 0 Å². The quantitative estimate of drug-likeness (QED) is 0.815. The van der Waals surface area contributed by atoms with Crippen LogP contribution in [0.5, 0.6) is 0 Å². The molecule has 0 bridgehead atoms. The summed E-state index contributed by atoms with van der Waals surface area (Å²) in [4.78, 5) is -0.0666. The summed E-state index contributed by atoms with van der Waals surface area (Å²) in [5.41, 5.74) is 6.60. The molecule has 0 saturated heterocycles. The van der Waals surface area contributed by atoms with E-state index in [0.717, 1.165) is 24.8 Å². The van der Waals surface area contributed by atoms with E-state index in [2.05, 4.69) is 6.07 Å². The third-order valence-electron chi connectivity index (χ3n) is 3.28. The number of aryl methyl sites for hydroxylation is 1. The molecule has 1 aromatic carbocycles. The van der Waals surface area contributed by atoms with Crippen molar-refractivity contribution in [3.05, 3.63) is 29.8 Å². The summed E-state index contributed by atoms with van der Waals surface area (Å²) in [6.07, 6.45) is 4.04. The number of nitriles is 1. The van der Waals surface area contributed by atoms with Crippen molar-refractivity contribution < 1.29 is 13.0 Å². The average Bonchev–Trinajstić information content (AvgIpc) is 2.76. The topological polar surface area (TPSA) is 104 Å². The molecule has 0 aromatic heterocycles. The van der Waals surface area contributed by atoms with Gasteiger partial charge in [0.1, 0.15) is 0 Å². The molecular formula is C14H20N2O3S. The van der Waals surface area contributed by atoms with E-state index in [1.165, 1.54) is 12.1 Å². The normalized spacial score (nSPS) is 21.7. The molecule has 2 rings (SSSR count). The molecule has 1 aliphatic rings. The molecule has 0 aliphatic heterocycles. The van der Waals surface area contributed by atoms with Gasteiger partial charge in [0.2, 0.25) is 0 Å². The first-order chi connectivity index (χ1) is 9.32. The second-order valence-electron chi connectivity index (χ2n) is 5.09. The van der Waals surface area contributed by atoms with Gasteiger partial charge in [-0.1, -0.05) is 17.7 Å². The number of benzene rings is 1. The molecular weight excluding hydrogens is 276 g/mol. The Kier molecular flexibility index (Phi) is 6.14. The Bertz CT molecular complexity index is 561. The van der Waals surface area contributed by atoms with E-state index in [-0.39, 0.29) is 4.90 Å². The fourth-order valence-electron chi connectivity index (χ4n) is 2.14. The predicted molar refractivity (Wildman–Crippen MR) is 76.5 cm³/mol. The van der Waals surface area contributed by atoms with Crippen LogP contribution in [0.25, 0.3) is 0 Å². The van der Waals surface area contributed by atoms with E-state index in [0.29, 0.717) is 18.4 Å². The van der Waals surface area contributed by atoms with Crippen molar-refractivity contribution in [3.8, 4) is 6.07 Å². The summed E-state index contributed by atoms with van der Waals surface area (Å²) in [5, 5.41) is 8.32. The summed E-state index contributed by atoms with van der Waals surface area (Å²) in [6.45, 7) is 1.84. The van der Waals surface area contributed by atoms with Gasteiger partial charge in [0.25, 0.3) is 10.1 Å². The van der Waals surface area contributed by atoms with Crippen molar-refractivity contribution in [1.29, 1.82) is 5.26 Å². The van der Waals surface area contributed by atoms with Crippen LogP contribution in [0.4, 0.5) is 0 Å². The third kappa shape index (κ3) is 5.70. The summed E-state index contributed by atoms with van der Waals surface area (Å²) in [5.74, 6) is 0.602. The molecule has 0 heterocycles. The highest BCUT2D eigenvalue weighted by atomic mass is 32.2. The molecule has 20 heavy (non-hydrogen) atoms. The van der Waals surface area contributed by atoms with Gasteiger partial charge < -0.3 is 5.73 Å². The molecule has 0 radical (unpaired) electrons. The molecule has 1 aromatic rings. The zero-order valence-electron chi connectivity index (χ0n) is 11.5. The van der Waals surface area contributed by atoms with E-state index in [1.807, 2.05) is 6.92 Å². The Morgan fingerprint density at radius 3 is 2.35 bits per heavy atom. The minimum Gasteiger partial charge on any atom is -0.328 e. The zero-order valence-corrected chi connectivity index (χ0v) is 12.3. The molecule has 110 valence electrons. The lowest BCUT2D eigenvalue weighted by molar-refractivity contribution is 0.483. The van der Waals surface area contributed by atoms with Crippen LogP contribution in [0, 0.1) is 24.2 Å². The second-order valence-corrected chi connectivity index (χ2v) is 6.51. The van der Waals surface area contributed by atoms with Crippen molar-refractivity contribution in [2.24, 2.45) is 11.7 Å². The van der Waals surface area contributed by atoms with E-state index in [4.69, 9.17) is 15.5 Å². The molecule has 6 heteroatoms. The molecule has 2 atom stereocenters. The Labute approximate surface area is 120 Å². The predicted octanol–water partition coefficient (Wildman–Crippen LogP) is 2.27. The van der Waals surface area contributed by atoms with Gasteiger partial charge in [-0.2, -0.15) is 13.7 Å². The molecule has 1 aliphatic carbocycles. The Hall–Kier alpha value is -1.42. The van der Waals surface area contributed by atoms with Gasteiger partial charge in [-0.15, -0.1) is 0 Å². The zero-order chi connectivity index (χ0) is 15.2. The fourth-order valence-corrected chi connectivity index (χ4v) is 2.62. The average molecular weight is 296 g/mol. The minimum atomic E-state index is -4.02. The molecule has 5 nitrogen and oxygen atoms in total. The van der Waals surface area contributed by atoms with Crippen LogP contribution in [0.2, 0.25) is 0 Å². The van der Waals surface area contributed by atoms with Gasteiger partial charge in [-0.05, 0) is 44.2 Å². The monoisotopic (exact) mass is 296 g/mol. The second kappa shape index (κ2) is 7.39. The van der Waals surface area contributed by atoms with Gasteiger partial charge in [-0.3, -0.25) is 4.55 Å². The van der Waals surface area contributed by atoms with E-state index >= 15 is 0 Å². The Morgan fingerprint density at radius 2 is 1.95 bits per heavy atom. The van der Waals surface area contributed by atoms with Gasteiger partial charge in [-0.25, -0.2) is 0 Å². The van der Waals surface area contributed by atoms with Crippen LogP contribution in [-0.2, 0) is 10.1 Å². The van der Waals surface area contributed by atoms with Crippen LogP contribution < -0.4 is 5.73 Å². The lowest BCUT2D eigenvalue weighted by Gasteiger charge is -2.00. The third-order valence-corrected chi connectivity index (χ3v) is 4.15. The van der Waals surface area contributed by atoms with Crippen LogP contribution in [0.3, 0.4) is 0 Å². The van der Waals surface area contributed by atoms with E-state index in [1.54, 1.807) is 12.1 Å². The summed E-state index contributed by atoms with van der Waals surface area (Å²) in [6, 6.07) is 8.54. The van der Waals surface area contributed by atoms with Gasteiger partial charge in [0.15, 0.2) is 0 Å². The maximum atomic E-state index is 10.5. The first kappa shape index (κ1) is 16.6. The Morgan fingerprint density at radius 1 is 1.35 bits per heavy atom. The number of nitrogens with two attached hydrogens (primary N) is 1. The van der Waals surface area contributed by atoms with Crippen molar-refractivity contribution in [3.63, 3.8) is 0 Å². The van der Waals surface area contributed by atoms with Gasteiger partial charge in [0, 0.05) is 12.5 Å². The highest BCUT2D eigenvalue weighted by molar-refractivity contribution is 7.85. The van der Waals surface area contributed by atoms with Crippen molar-refractivity contribution >= 4 is 10.1 Å². The van der Waals surface area contributed by atoms with Gasteiger partial charge in [0.05, 0.1) is 11.0 Å². The molecule has 3 N–H and O–H groups in total. The first-order valence-electron chi connectivity index (χ1n) is 6.49. The number of rotatable bonds is 2. The number of nitrogens with zero attached hydrogens (tertiary/aromatic N) is 1. The maximum absolute atomic E-state index is 10.5. The SMILES string of the molecule is Cc1ccc(S(=O)(=O)O)cc1.N#CCC1CCC(N)C1. The van der Waals surface area contributed by atoms with Gasteiger partial charge >= 0.3 is 0 Å². The Balaban J connectivity index is 0.000000204. The van der Waals surface area contributed by atoms with Crippen LogP contribution in [0.15, 0.2) is 29.2 Å². The van der Waals surface area contributed by atoms with Crippen molar-refractivity contribution in [2.75, 3.05) is 0 Å². The highest BCUT2D eigenvalue weighted by Gasteiger charge is 2.20. The maximum Gasteiger partial charge on any atom is 0.294 e. The smallest absolute Gasteiger partial charge is 0.294 e. The summed E-state index contributed by atoms with van der Waals surface area (Å²) >= 11 is 0. The molecule has 2 unspecified atom stereocenters. The lowest BCUT2D eigenvalue weighted by Crippen LogP contribution is -2.14. The molecule has 1 saturated carbocycles. The largest absolute Gasteiger partial charge is 0.328 e. The minimum absolute atomic E-state index is 0.0666.